The summed E-state index contributed by atoms with van der Waals surface area (Å²) in [6, 6.07) is 4.89. The number of ether oxygens (including phenoxy) is 2. The number of aryl methyl sites for hydroxylation is 1. The number of carbonyl (C=O) groups excluding carboxylic acids is 1. The topological polar surface area (TPSA) is 108 Å². The molecule has 2 rings (SSSR count). The van der Waals surface area contributed by atoms with Crippen LogP contribution in [0.5, 0.6) is 5.75 Å². The first-order chi connectivity index (χ1) is 10.8. The maximum Gasteiger partial charge on any atom is 0.244 e. The SMILES string of the molecule is COc1ccc(C)cc1S(=O)(=O)NCC1(C(N)=O)CCOCC1. The maximum absolute atomic E-state index is 12.6. The van der Waals surface area contributed by atoms with Gasteiger partial charge in [-0.15, -0.1) is 0 Å². The highest BCUT2D eigenvalue weighted by Gasteiger charge is 2.39. The molecular weight excluding hydrogens is 320 g/mol. The van der Waals surface area contributed by atoms with Crippen molar-refractivity contribution in [2.24, 2.45) is 11.1 Å². The minimum Gasteiger partial charge on any atom is -0.495 e. The maximum atomic E-state index is 12.6. The smallest absolute Gasteiger partial charge is 0.244 e. The molecule has 0 bridgehead atoms. The second-order valence-electron chi connectivity index (χ2n) is 5.74. The van der Waals surface area contributed by atoms with Crippen molar-refractivity contribution in [3.8, 4) is 5.75 Å². The average molecular weight is 342 g/mol. The lowest BCUT2D eigenvalue weighted by molar-refractivity contribution is -0.132. The zero-order valence-electron chi connectivity index (χ0n) is 13.3. The molecule has 128 valence electrons. The molecule has 0 aromatic heterocycles. The van der Waals surface area contributed by atoms with E-state index in [9.17, 15) is 13.2 Å². The zero-order chi connectivity index (χ0) is 17.1. The van der Waals surface area contributed by atoms with Gasteiger partial charge in [-0.25, -0.2) is 13.1 Å². The molecule has 1 aliphatic rings. The fraction of sp³-hybridized carbons (Fsp3) is 0.533. The van der Waals surface area contributed by atoms with Crippen LogP contribution in [0, 0.1) is 12.3 Å². The van der Waals surface area contributed by atoms with Crippen molar-refractivity contribution in [1.82, 2.24) is 4.72 Å². The number of hydrogen-bond acceptors (Lipinski definition) is 5. The van der Waals surface area contributed by atoms with E-state index >= 15 is 0 Å². The molecule has 1 aromatic rings. The lowest BCUT2D eigenvalue weighted by atomic mass is 9.80. The van der Waals surface area contributed by atoms with Gasteiger partial charge in [-0.3, -0.25) is 4.79 Å². The summed E-state index contributed by atoms with van der Waals surface area (Å²) in [4.78, 5) is 11.9. The van der Waals surface area contributed by atoms with Gasteiger partial charge in [0.05, 0.1) is 12.5 Å². The fourth-order valence-electron chi connectivity index (χ4n) is 2.58. The Bertz CT molecular complexity index is 681. The Kier molecular flexibility index (Phi) is 5.28. The number of carbonyl (C=O) groups is 1. The Morgan fingerprint density at radius 2 is 2.04 bits per heavy atom. The second kappa shape index (κ2) is 6.86. The van der Waals surface area contributed by atoms with Crippen LogP contribution in [0.15, 0.2) is 23.1 Å². The molecule has 0 atom stereocenters. The summed E-state index contributed by atoms with van der Waals surface area (Å²) in [6.07, 6.45) is 0.797. The molecular formula is C15H22N2O5S. The Morgan fingerprint density at radius 3 is 2.61 bits per heavy atom. The van der Waals surface area contributed by atoms with E-state index in [-0.39, 0.29) is 17.2 Å². The highest BCUT2D eigenvalue weighted by atomic mass is 32.2. The van der Waals surface area contributed by atoms with Crippen molar-refractivity contribution in [1.29, 1.82) is 0 Å². The molecule has 0 radical (unpaired) electrons. The molecule has 1 saturated heterocycles. The molecule has 7 nitrogen and oxygen atoms in total. The first kappa shape index (κ1) is 17.7. The lowest BCUT2D eigenvalue weighted by Gasteiger charge is -2.34. The van der Waals surface area contributed by atoms with E-state index in [0.717, 1.165) is 5.56 Å². The molecule has 1 aliphatic heterocycles. The van der Waals surface area contributed by atoms with Crippen molar-refractivity contribution in [3.63, 3.8) is 0 Å². The van der Waals surface area contributed by atoms with E-state index in [1.807, 2.05) is 0 Å². The zero-order valence-corrected chi connectivity index (χ0v) is 14.1. The van der Waals surface area contributed by atoms with Crippen molar-refractivity contribution >= 4 is 15.9 Å². The van der Waals surface area contributed by atoms with Gasteiger partial charge in [0.15, 0.2) is 0 Å². The largest absolute Gasteiger partial charge is 0.495 e. The monoisotopic (exact) mass is 342 g/mol. The van der Waals surface area contributed by atoms with E-state index in [2.05, 4.69) is 4.72 Å². The first-order valence-electron chi connectivity index (χ1n) is 7.33. The molecule has 1 amide bonds. The summed E-state index contributed by atoms with van der Waals surface area (Å²) >= 11 is 0. The van der Waals surface area contributed by atoms with Crippen LogP contribution in [-0.2, 0) is 19.6 Å². The summed E-state index contributed by atoms with van der Waals surface area (Å²) in [5, 5.41) is 0. The minimum absolute atomic E-state index is 0.0479. The molecule has 23 heavy (non-hydrogen) atoms. The number of rotatable bonds is 6. The van der Waals surface area contributed by atoms with Crippen LogP contribution in [0.4, 0.5) is 0 Å². The minimum atomic E-state index is -3.82. The first-order valence-corrected chi connectivity index (χ1v) is 8.81. The Labute approximate surface area is 136 Å². The predicted octanol–water partition coefficient (Wildman–Crippen LogP) is 0.564. The third-order valence-corrected chi connectivity index (χ3v) is 5.60. The fourth-order valence-corrected chi connectivity index (χ4v) is 3.96. The summed E-state index contributed by atoms with van der Waals surface area (Å²) in [5.74, 6) is -0.261. The van der Waals surface area contributed by atoms with E-state index in [1.54, 1.807) is 19.1 Å². The van der Waals surface area contributed by atoms with Gasteiger partial charge in [-0.05, 0) is 37.5 Å². The third kappa shape index (κ3) is 3.82. The number of methoxy groups -OCH3 is 1. The number of primary amides is 1. The van der Waals surface area contributed by atoms with E-state index in [1.165, 1.54) is 13.2 Å². The van der Waals surface area contributed by atoms with Gasteiger partial charge in [0.2, 0.25) is 15.9 Å². The van der Waals surface area contributed by atoms with Crippen LogP contribution in [0.2, 0.25) is 0 Å². The molecule has 0 spiro atoms. The van der Waals surface area contributed by atoms with Crippen LogP contribution < -0.4 is 15.2 Å². The standard InChI is InChI=1S/C15H22N2O5S/c1-11-3-4-12(21-2)13(9-11)23(19,20)17-10-15(14(16)18)5-7-22-8-6-15/h3-4,9,17H,5-8,10H2,1-2H3,(H2,16,18). The molecule has 0 saturated carbocycles. The number of sulfonamides is 1. The molecule has 8 heteroatoms. The number of hydrogen-bond donors (Lipinski definition) is 2. The van der Waals surface area contributed by atoms with Gasteiger partial charge in [0, 0.05) is 19.8 Å². The van der Waals surface area contributed by atoms with Gasteiger partial charge in [0.25, 0.3) is 0 Å². The number of nitrogens with two attached hydrogens (primary N) is 1. The van der Waals surface area contributed by atoms with Crippen LogP contribution in [0.3, 0.4) is 0 Å². The normalized spacial score (nSPS) is 17.7. The number of amides is 1. The Balaban J connectivity index is 2.24. The van der Waals surface area contributed by atoms with Crippen LogP contribution in [0.25, 0.3) is 0 Å². The van der Waals surface area contributed by atoms with Gasteiger partial charge in [0.1, 0.15) is 10.6 Å². The Morgan fingerprint density at radius 1 is 1.39 bits per heavy atom. The second-order valence-corrected chi connectivity index (χ2v) is 7.47. The van der Waals surface area contributed by atoms with Crippen molar-refractivity contribution < 1.29 is 22.7 Å². The quantitative estimate of drug-likeness (QED) is 0.785. The number of benzene rings is 1. The summed E-state index contributed by atoms with van der Waals surface area (Å²) in [7, 11) is -2.41. The van der Waals surface area contributed by atoms with E-state index in [0.29, 0.717) is 26.1 Å². The average Bonchev–Trinajstić information content (AvgIpc) is 2.54. The van der Waals surface area contributed by atoms with E-state index in [4.69, 9.17) is 15.2 Å². The van der Waals surface area contributed by atoms with Crippen molar-refractivity contribution in [2.45, 2.75) is 24.7 Å². The number of nitrogens with one attached hydrogen (secondary N) is 1. The third-order valence-electron chi connectivity index (χ3n) is 4.18. The van der Waals surface area contributed by atoms with Gasteiger partial charge >= 0.3 is 0 Å². The van der Waals surface area contributed by atoms with E-state index < -0.39 is 21.3 Å². The molecule has 3 N–H and O–H groups in total. The highest BCUT2D eigenvalue weighted by Crippen LogP contribution is 2.31. The van der Waals surface area contributed by atoms with Gasteiger partial charge < -0.3 is 15.2 Å². The van der Waals surface area contributed by atoms with Gasteiger partial charge in [-0.1, -0.05) is 6.07 Å². The summed E-state index contributed by atoms with van der Waals surface area (Å²) in [6.45, 7) is 2.52. The van der Waals surface area contributed by atoms with Crippen molar-refractivity contribution in [3.05, 3.63) is 23.8 Å². The van der Waals surface area contributed by atoms with Crippen LogP contribution >= 0.6 is 0 Å². The molecule has 1 aromatic carbocycles. The van der Waals surface area contributed by atoms with Crippen molar-refractivity contribution in [2.75, 3.05) is 26.9 Å². The lowest BCUT2D eigenvalue weighted by Crippen LogP contribution is -2.49. The van der Waals surface area contributed by atoms with Gasteiger partial charge in [-0.2, -0.15) is 0 Å². The molecule has 1 fully saturated rings. The van der Waals surface area contributed by atoms with Crippen LogP contribution in [0.1, 0.15) is 18.4 Å². The molecule has 0 unspecified atom stereocenters. The summed E-state index contributed by atoms with van der Waals surface area (Å²) in [5.41, 5.74) is 5.38. The Hall–Kier alpha value is -1.64. The highest BCUT2D eigenvalue weighted by molar-refractivity contribution is 7.89. The summed E-state index contributed by atoms with van der Waals surface area (Å²) < 4.78 is 38.1. The van der Waals surface area contributed by atoms with Crippen LogP contribution in [-0.4, -0.2) is 41.2 Å². The predicted molar refractivity (Wildman–Crippen MR) is 84.6 cm³/mol. The molecule has 1 heterocycles. The molecule has 0 aliphatic carbocycles.